The Morgan fingerprint density at radius 3 is 2.50 bits per heavy atom. The lowest BCUT2D eigenvalue weighted by Crippen LogP contribution is -2.34. The van der Waals surface area contributed by atoms with Gasteiger partial charge in [0.2, 0.25) is 0 Å². The Morgan fingerprint density at radius 2 is 1.78 bits per heavy atom. The molecule has 0 aliphatic carbocycles. The predicted octanol–water partition coefficient (Wildman–Crippen LogP) is 3.36. The minimum absolute atomic E-state index is 0.114. The normalized spacial score (nSPS) is 10.3. The van der Waals surface area contributed by atoms with Crippen LogP contribution in [0.5, 0.6) is 5.75 Å². The molecule has 0 saturated heterocycles. The van der Waals surface area contributed by atoms with Crippen molar-refractivity contribution in [3.63, 3.8) is 0 Å². The molecule has 3 rings (SSSR count). The van der Waals surface area contributed by atoms with E-state index in [1.54, 1.807) is 74.0 Å². The number of carbonyl (C=O) groups excluding carboxylic acids is 2. The van der Waals surface area contributed by atoms with E-state index < -0.39 is 0 Å². The molecule has 8 nitrogen and oxygen atoms in total. The Morgan fingerprint density at radius 1 is 0.969 bits per heavy atom. The smallest absolute Gasteiger partial charge is 0.257 e. The molecule has 3 N–H and O–H groups in total. The topological polar surface area (TPSA) is 102 Å². The maximum Gasteiger partial charge on any atom is 0.257 e. The summed E-state index contributed by atoms with van der Waals surface area (Å²) in [5.74, 6) is 0.679. The number of furan rings is 1. The molecule has 0 radical (unpaired) electrons. The van der Waals surface area contributed by atoms with Crippen molar-refractivity contribution in [2.75, 3.05) is 25.6 Å². The molecule has 32 heavy (non-hydrogen) atoms. The number of amides is 2. The molecule has 2 amide bonds. The molecule has 3 aromatic rings. The summed E-state index contributed by atoms with van der Waals surface area (Å²) in [4.78, 5) is 24.8. The lowest BCUT2D eigenvalue weighted by molar-refractivity contribution is 0.0946. The summed E-state index contributed by atoms with van der Waals surface area (Å²) >= 11 is 5.23. The summed E-state index contributed by atoms with van der Waals surface area (Å²) in [6.45, 7) is 1.19. The van der Waals surface area contributed by atoms with Crippen molar-refractivity contribution in [1.29, 1.82) is 0 Å². The minimum atomic E-state index is -0.363. The number of thiocarbonyl (C=S) groups is 1. The Kier molecular flexibility index (Phi) is 8.36. The van der Waals surface area contributed by atoms with E-state index in [0.717, 1.165) is 0 Å². The highest BCUT2D eigenvalue weighted by Crippen LogP contribution is 2.13. The number of hydrogen-bond acceptors (Lipinski definition) is 6. The van der Waals surface area contributed by atoms with E-state index in [9.17, 15) is 9.59 Å². The van der Waals surface area contributed by atoms with Crippen LogP contribution in [0, 0.1) is 0 Å². The fourth-order valence-corrected chi connectivity index (χ4v) is 2.91. The van der Waals surface area contributed by atoms with Crippen molar-refractivity contribution < 1.29 is 23.5 Å². The predicted molar refractivity (Wildman–Crippen MR) is 124 cm³/mol. The first-order valence-electron chi connectivity index (χ1n) is 9.80. The minimum Gasteiger partial charge on any atom is -0.491 e. The van der Waals surface area contributed by atoms with E-state index in [0.29, 0.717) is 41.5 Å². The third-order valence-electron chi connectivity index (χ3n) is 4.29. The monoisotopic (exact) mass is 453 g/mol. The molecule has 166 valence electrons. The van der Waals surface area contributed by atoms with E-state index in [2.05, 4.69) is 16.0 Å². The maximum atomic E-state index is 12.4. The first-order chi connectivity index (χ1) is 15.5. The third kappa shape index (κ3) is 6.93. The summed E-state index contributed by atoms with van der Waals surface area (Å²) in [6, 6.07) is 17.0. The summed E-state index contributed by atoms with van der Waals surface area (Å²) < 4.78 is 15.6. The van der Waals surface area contributed by atoms with Crippen LogP contribution in [0.3, 0.4) is 0 Å². The van der Waals surface area contributed by atoms with Crippen LogP contribution in [0.15, 0.2) is 71.3 Å². The van der Waals surface area contributed by atoms with E-state index in [1.807, 2.05) is 0 Å². The van der Waals surface area contributed by atoms with Gasteiger partial charge >= 0.3 is 0 Å². The number of anilines is 1. The fraction of sp³-hybridized carbons (Fsp3) is 0.174. The number of rotatable bonds is 9. The second-order valence-corrected chi connectivity index (χ2v) is 7.02. The lowest BCUT2D eigenvalue weighted by atomic mass is 10.2. The van der Waals surface area contributed by atoms with E-state index in [-0.39, 0.29) is 23.5 Å². The number of ether oxygens (including phenoxy) is 2. The molecule has 0 spiro atoms. The molecule has 0 saturated carbocycles. The number of benzene rings is 2. The largest absolute Gasteiger partial charge is 0.491 e. The molecular weight excluding hydrogens is 430 g/mol. The molecule has 9 heteroatoms. The van der Waals surface area contributed by atoms with E-state index >= 15 is 0 Å². The molecule has 1 aromatic heterocycles. The highest BCUT2D eigenvalue weighted by atomic mass is 32.1. The van der Waals surface area contributed by atoms with Crippen LogP contribution in [0.2, 0.25) is 0 Å². The average Bonchev–Trinajstić information content (AvgIpc) is 3.32. The zero-order valence-electron chi connectivity index (χ0n) is 17.4. The van der Waals surface area contributed by atoms with Crippen LogP contribution in [-0.2, 0) is 11.3 Å². The molecule has 1 heterocycles. The summed E-state index contributed by atoms with van der Waals surface area (Å²) in [5.41, 5.74) is 1.45. The van der Waals surface area contributed by atoms with Gasteiger partial charge in [-0.25, -0.2) is 0 Å². The van der Waals surface area contributed by atoms with Crippen LogP contribution in [0.4, 0.5) is 5.69 Å². The van der Waals surface area contributed by atoms with Crippen LogP contribution >= 0.6 is 12.2 Å². The van der Waals surface area contributed by atoms with Crippen molar-refractivity contribution in [3.05, 3.63) is 83.8 Å². The van der Waals surface area contributed by atoms with Crippen LogP contribution < -0.4 is 20.7 Å². The molecule has 0 fully saturated rings. The van der Waals surface area contributed by atoms with E-state index in [1.165, 1.54) is 0 Å². The maximum absolute atomic E-state index is 12.4. The Labute approximate surface area is 190 Å². The van der Waals surface area contributed by atoms with Gasteiger partial charge in [-0.2, -0.15) is 0 Å². The quantitative estimate of drug-likeness (QED) is 0.337. The summed E-state index contributed by atoms with van der Waals surface area (Å²) in [6.07, 6.45) is 1.55. The molecule has 0 aliphatic heterocycles. The van der Waals surface area contributed by atoms with Gasteiger partial charge in [-0.3, -0.25) is 14.9 Å². The number of methoxy groups -OCH3 is 1. The van der Waals surface area contributed by atoms with Gasteiger partial charge in [-0.1, -0.05) is 6.07 Å². The Hall–Kier alpha value is -3.69. The SMILES string of the molecule is COCCOc1ccc(C(=O)NC(=S)Nc2cccc(C(=O)NCc3ccco3)c2)cc1. The van der Waals surface area contributed by atoms with Crippen molar-refractivity contribution in [2.45, 2.75) is 6.54 Å². The van der Waals surface area contributed by atoms with Gasteiger partial charge in [0.05, 0.1) is 19.4 Å². The van der Waals surface area contributed by atoms with Crippen molar-refractivity contribution in [1.82, 2.24) is 10.6 Å². The highest BCUT2D eigenvalue weighted by molar-refractivity contribution is 7.80. The molecule has 2 aromatic carbocycles. The summed E-state index contributed by atoms with van der Waals surface area (Å²) in [5, 5.41) is 8.42. The average molecular weight is 454 g/mol. The zero-order chi connectivity index (χ0) is 22.8. The number of nitrogens with one attached hydrogen (secondary N) is 3. The molecule has 0 unspecified atom stereocenters. The van der Waals surface area contributed by atoms with Gasteiger partial charge in [-0.15, -0.1) is 0 Å². The molecule has 0 aliphatic rings. The lowest BCUT2D eigenvalue weighted by Gasteiger charge is -2.11. The van der Waals surface area contributed by atoms with Gasteiger partial charge < -0.3 is 24.5 Å². The van der Waals surface area contributed by atoms with Gasteiger partial charge in [0.15, 0.2) is 5.11 Å². The van der Waals surface area contributed by atoms with Crippen LogP contribution in [-0.4, -0.2) is 37.3 Å². The van der Waals surface area contributed by atoms with Crippen molar-refractivity contribution in [3.8, 4) is 5.75 Å². The van der Waals surface area contributed by atoms with Gasteiger partial charge in [0, 0.05) is 23.9 Å². The van der Waals surface area contributed by atoms with E-state index in [4.69, 9.17) is 26.1 Å². The Bertz CT molecular complexity index is 1050. The number of carbonyl (C=O) groups is 2. The van der Waals surface area contributed by atoms with Gasteiger partial charge in [0.25, 0.3) is 11.8 Å². The van der Waals surface area contributed by atoms with Crippen molar-refractivity contribution in [2.24, 2.45) is 0 Å². The van der Waals surface area contributed by atoms with Crippen LogP contribution in [0.1, 0.15) is 26.5 Å². The highest BCUT2D eigenvalue weighted by Gasteiger charge is 2.10. The molecular formula is C23H23N3O5S. The second-order valence-electron chi connectivity index (χ2n) is 6.62. The van der Waals surface area contributed by atoms with Gasteiger partial charge in [0.1, 0.15) is 18.1 Å². The summed E-state index contributed by atoms with van der Waals surface area (Å²) in [7, 11) is 1.60. The number of hydrogen-bond donors (Lipinski definition) is 3. The van der Waals surface area contributed by atoms with Crippen LogP contribution in [0.25, 0.3) is 0 Å². The first kappa shape index (κ1) is 23.0. The van der Waals surface area contributed by atoms with Crippen molar-refractivity contribution >= 4 is 34.8 Å². The first-order valence-corrected chi connectivity index (χ1v) is 10.2. The third-order valence-corrected chi connectivity index (χ3v) is 4.49. The standard InChI is InChI=1S/C23H23N3O5S/c1-29-12-13-31-19-9-7-16(8-10-19)22(28)26-23(32)25-18-5-2-4-17(14-18)21(27)24-15-20-6-3-11-30-20/h2-11,14H,12-13,15H2,1H3,(H,24,27)(H2,25,26,28,32). The molecule has 0 bridgehead atoms. The fourth-order valence-electron chi connectivity index (χ4n) is 2.70. The Balaban J connectivity index is 1.51. The molecule has 0 atom stereocenters. The zero-order valence-corrected chi connectivity index (χ0v) is 18.2. The van der Waals surface area contributed by atoms with Gasteiger partial charge in [-0.05, 0) is 66.8 Å². The second kappa shape index (κ2) is 11.6.